The highest BCUT2D eigenvalue weighted by atomic mass is 16.1. The van der Waals surface area contributed by atoms with E-state index in [1.807, 2.05) is 10.8 Å². The molecule has 2 heterocycles. The molecule has 2 fully saturated rings. The topological polar surface area (TPSA) is 64.2 Å². The van der Waals surface area contributed by atoms with Crippen molar-refractivity contribution in [1.82, 2.24) is 9.55 Å². The Balaban J connectivity index is 1.80. The maximum atomic E-state index is 12.3. The zero-order valence-electron chi connectivity index (χ0n) is 10.6. The Labute approximate surface area is 107 Å². The van der Waals surface area contributed by atoms with Crippen molar-refractivity contribution >= 4 is 5.82 Å². The smallest absolute Gasteiger partial charge is 0.293 e. The van der Waals surface area contributed by atoms with Crippen molar-refractivity contribution in [3.63, 3.8) is 0 Å². The molecule has 0 radical (unpaired) electrons. The molecule has 2 N–H and O–H groups in total. The third-order valence-electron chi connectivity index (χ3n) is 4.04. The number of hydrogen-bond donors (Lipinski definition) is 1. The largest absolute Gasteiger partial charge is 0.352 e. The average Bonchev–Trinajstić information content (AvgIpc) is 3.24. The van der Waals surface area contributed by atoms with Gasteiger partial charge in [0.15, 0.2) is 5.82 Å². The minimum absolute atomic E-state index is 0.0752. The van der Waals surface area contributed by atoms with Crippen molar-refractivity contribution in [2.75, 3.05) is 24.5 Å². The third kappa shape index (κ3) is 2.14. The Morgan fingerprint density at radius 2 is 2.00 bits per heavy atom. The molecule has 2 aliphatic rings. The first-order chi connectivity index (χ1) is 8.79. The summed E-state index contributed by atoms with van der Waals surface area (Å²) < 4.78 is 1.84. The van der Waals surface area contributed by atoms with E-state index in [4.69, 9.17) is 5.73 Å². The summed E-state index contributed by atoms with van der Waals surface area (Å²) in [5.41, 5.74) is 5.76. The van der Waals surface area contributed by atoms with E-state index >= 15 is 0 Å². The molecule has 98 valence electrons. The van der Waals surface area contributed by atoms with E-state index in [1.54, 1.807) is 6.20 Å². The van der Waals surface area contributed by atoms with E-state index in [2.05, 4.69) is 9.88 Å². The van der Waals surface area contributed by atoms with Gasteiger partial charge >= 0.3 is 0 Å². The molecule has 1 aliphatic carbocycles. The summed E-state index contributed by atoms with van der Waals surface area (Å²) in [5, 5.41) is 0. The standard InChI is InChI=1S/C13H20N4O/c14-9-10-3-6-16(7-4-10)12-13(18)17(8-5-15-12)11-1-2-11/h5,8,10-11H,1-4,6-7,9,14H2. The predicted molar refractivity (Wildman–Crippen MR) is 70.8 cm³/mol. The van der Waals surface area contributed by atoms with Gasteiger partial charge < -0.3 is 15.2 Å². The van der Waals surface area contributed by atoms with Gasteiger partial charge in [-0.2, -0.15) is 0 Å². The summed E-state index contributed by atoms with van der Waals surface area (Å²) in [6.07, 6.45) is 7.95. The summed E-state index contributed by atoms with van der Waals surface area (Å²) >= 11 is 0. The van der Waals surface area contributed by atoms with Crippen molar-refractivity contribution in [1.29, 1.82) is 0 Å². The molecule has 18 heavy (non-hydrogen) atoms. The zero-order chi connectivity index (χ0) is 12.5. The maximum absolute atomic E-state index is 12.3. The Hall–Kier alpha value is -1.36. The van der Waals surface area contributed by atoms with Crippen molar-refractivity contribution in [3.05, 3.63) is 22.7 Å². The lowest BCUT2D eigenvalue weighted by Crippen LogP contribution is -2.40. The van der Waals surface area contributed by atoms with E-state index in [0.29, 0.717) is 17.8 Å². The summed E-state index contributed by atoms with van der Waals surface area (Å²) in [7, 11) is 0. The second-order valence-electron chi connectivity index (χ2n) is 5.36. The van der Waals surface area contributed by atoms with Crippen molar-refractivity contribution in [2.24, 2.45) is 11.7 Å². The first kappa shape index (κ1) is 11.7. The van der Waals surface area contributed by atoms with Gasteiger partial charge in [-0.15, -0.1) is 0 Å². The van der Waals surface area contributed by atoms with Gasteiger partial charge in [-0.3, -0.25) is 4.79 Å². The number of nitrogens with two attached hydrogens (primary N) is 1. The SMILES string of the molecule is NCC1CCN(c2nccn(C3CC3)c2=O)CC1. The van der Waals surface area contributed by atoms with Crippen LogP contribution >= 0.6 is 0 Å². The predicted octanol–water partition coefficient (Wildman–Crippen LogP) is 0.753. The first-order valence-corrected chi connectivity index (χ1v) is 6.81. The number of anilines is 1. The summed E-state index contributed by atoms with van der Waals surface area (Å²) in [6, 6.07) is 0.417. The normalized spacial score (nSPS) is 21.3. The van der Waals surface area contributed by atoms with Crippen LogP contribution in [0.2, 0.25) is 0 Å². The number of aromatic nitrogens is 2. The highest BCUT2D eigenvalue weighted by Crippen LogP contribution is 2.33. The highest BCUT2D eigenvalue weighted by Gasteiger charge is 2.27. The van der Waals surface area contributed by atoms with Crippen LogP contribution in [0, 0.1) is 5.92 Å². The molecular weight excluding hydrogens is 228 g/mol. The van der Waals surface area contributed by atoms with Gasteiger partial charge in [-0.05, 0) is 38.1 Å². The quantitative estimate of drug-likeness (QED) is 0.857. The Kier molecular flexibility index (Phi) is 3.07. The van der Waals surface area contributed by atoms with Gasteiger partial charge in [0.05, 0.1) is 0 Å². The number of rotatable bonds is 3. The van der Waals surface area contributed by atoms with Gasteiger partial charge in [0.25, 0.3) is 5.56 Å². The van der Waals surface area contributed by atoms with Gasteiger partial charge in [0.1, 0.15) is 0 Å². The van der Waals surface area contributed by atoms with E-state index in [0.717, 1.165) is 45.3 Å². The Bertz CT molecular complexity index is 472. The second-order valence-corrected chi connectivity index (χ2v) is 5.36. The molecule has 1 saturated heterocycles. The van der Waals surface area contributed by atoms with Crippen LogP contribution in [0.1, 0.15) is 31.7 Å². The average molecular weight is 248 g/mol. The third-order valence-corrected chi connectivity index (χ3v) is 4.04. The van der Waals surface area contributed by atoms with Gasteiger partial charge in [0, 0.05) is 31.5 Å². The molecule has 0 spiro atoms. The monoisotopic (exact) mass is 248 g/mol. The van der Waals surface area contributed by atoms with Gasteiger partial charge in [0.2, 0.25) is 0 Å². The molecule has 3 rings (SSSR count). The molecule has 0 amide bonds. The minimum atomic E-state index is 0.0752. The van der Waals surface area contributed by atoms with E-state index < -0.39 is 0 Å². The molecular formula is C13H20N4O. The Morgan fingerprint density at radius 3 is 2.61 bits per heavy atom. The highest BCUT2D eigenvalue weighted by molar-refractivity contribution is 5.36. The molecule has 1 saturated carbocycles. The molecule has 0 aromatic carbocycles. The number of hydrogen-bond acceptors (Lipinski definition) is 4. The lowest BCUT2D eigenvalue weighted by atomic mass is 9.97. The lowest BCUT2D eigenvalue weighted by molar-refractivity contribution is 0.411. The fourth-order valence-corrected chi connectivity index (χ4v) is 2.65. The van der Waals surface area contributed by atoms with E-state index in [1.165, 1.54) is 0 Å². The van der Waals surface area contributed by atoms with Gasteiger partial charge in [-0.1, -0.05) is 0 Å². The summed E-state index contributed by atoms with van der Waals surface area (Å²) in [4.78, 5) is 18.7. The van der Waals surface area contributed by atoms with Crippen LogP contribution in [-0.2, 0) is 0 Å². The molecule has 0 bridgehead atoms. The molecule has 1 aromatic heterocycles. The number of piperidine rings is 1. The van der Waals surface area contributed by atoms with Crippen molar-refractivity contribution in [3.8, 4) is 0 Å². The maximum Gasteiger partial charge on any atom is 0.293 e. The first-order valence-electron chi connectivity index (χ1n) is 6.81. The number of nitrogens with zero attached hydrogens (tertiary/aromatic N) is 3. The van der Waals surface area contributed by atoms with E-state index in [9.17, 15) is 4.79 Å². The van der Waals surface area contributed by atoms with Gasteiger partial charge in [-0.25, -0.2) is 4.98 Å². The van der Waals surface area contributed by atoms with Crippen LogP contribution in [0.5, 0.6) is 0 Å². The van der Waals surface area contributed by atoms with E-state index in [-0.39, 0.29) is 5.56 Å². The van der Waals surface area contributed by atoms with Crippen molar-refractivity contribution < 1.29 is 0 Å². The van der Waals surface area contributed by atoms with Crippen LogP contribution in [0.4, 0.5) is 5.82 Å². The molecule has 0 unspecified atom stereocenters. The van der Waals surface area contributed by atoms with Crippen LogP contribution in [0.25, 0.3) is 0 Å². The van der Waals surface area contributed by atoms with Crippen molar-refractivity contribution in [2.45, 2.75) is 31.7 Å². The fourth-order valence-electron chi connectivity index (χ4n) is 2.65. The molecule has 0 atom stereocenters. The Morgan fingerprint density at radius 1 is 1.28 bits per heavy atom. The van der Waals surface area contributed by atoms with Crippen LogP contribution in [0.15, 0.2) is 17.2 Å². The minimum Gasteiger partial charge on any atom is -0.352 e. The second kappa shape index (κ2) is 4.72. The van der Waals surface area contributed by atoms with Crippen LogP contribution in [-0.4, -0.2) is 29.2 Å². The summed E-state index contributed by atoms with van der Waals surface area (Å²) in [6.45, 7) is 2.56. The zero-order valence-corrected chi connectivity index (χ0v) is 10.6. The van der Waals surface area contributed by atoms with Crippen LogP contribution < -0.4 is 16.2 Å². The summed E-state index contributed by atoms with van der Waals surface area (Å²) in [5.74, 6) is 1.23. The molecule has 5 heteroatoms. The molecule has 5 nitrogen and oxygen atoms in total. The molecule has 1 aromatic rings. The van der Waals surface area contributed by atoms with Crippen LogP contribution in [0.3, 0.4) is 0 Å². The molecule has 1 aliphatic heterocycles. The lowest BCUT2D eigenvalue weighted by Gasteiger charge is -2.31. The fraction of sp³-hybridized carbons (Fsp3) is 0.692.